The van der Waals surface area contributed by atoms with Crippen molar-refractivity contribution in [3.63, 3.8) is 0 Å². The van der Waals surface area contributed by atoms with Gasteiger partial charge in [-0.1, -0.05) is 23.7 Å². The number of pyridine rings is 1. The quantitative estimate of drug-likeness (QED) is 0.333. The molecular formula is C24H26ClN7O4S. The molecule has 0 aliphatic rings. The summed E-state index contributed by atoms with van der Waals surface area (Å²) >= 11 is 6.39. The van der Waals surface area contributed by atoms with Crippen LogP contribution in [0.15, 0.2) is 48.8 Å². The summed E-state index contributed by atoms with van der Waals surface area (Å²) in [5.41, 5.74) is 2.54. The number of benzene rings is 1. The van der Waals surface area contributed by atoms with Gasteiger partial charge in [-0.05, 0) is 50.1 Å². The fraction of sp³-hybridized carbons (Fsp3) is 0.292. The first kappa shape index (κ1) is 26.5. The first-order valence-corrected chi connectivity index (χ1v) is 13.1. The molecule has 0 spiro atoms. The van der Waals surface area contributed by atoms with Gasteiger partial charge in [-0.2, -0.15) is 0 Å². The Bertz CT molecular complexity index is 1510. The summed E-state index contributed by atoms with van der Waals surface area (Å²) in [5.74, 6) is 0.863. The van der Waals surface area contributed by atoms with Gasteiger partial charge >= 0.3 is 0 Å². The van der Waals surface area contributed by atoms with Crippen molar-refractivity contribution in [3.8, 4) is 23.1 Å². The van der Waals surface area contributed by atoms with Crippen LogP contribution in [0.3, 0.4) is 0 Å². The fourth-order valence-corrected chi connectivity index (χ4v) is 4.98. The fourth-order valence-electron chi connectivity index (χ4n) is 3.68. The normalized spacial score (nSPS) is 13.2. The second-order valence-electron chi connectivity index (χ2n) is 8.26. The van der Waals surface area contributed by atoms with Crippen molar-refractivity contribution in [1.29, 1.82) is 0 Å². The Morgan fingerprint density at radius 2 is 1.73 bits per heavy atom. The van der Waals surface area contributed by atoms with Gasteiger partial charge in [-0.15, -0.1) is 10.2 Å². The van der Waals surface area contributed by atoms with Gasteiger partial charge in [-0.3, -0.25) is 9.29 Å². The number of nitrogens with one attached hydrogen (secondary N) is 1. The summed E-state index contributed by atoms with van der Waals surface area (Å²) in [6.07, 6.45) is 2.28. The average Bonchev–Trinajstić information content (AvgIpc) is 3.29. The van der Waals surface area contributed by atoms with Crippen LogP contribution in [0.25, 0.3) is 17.2 Å². The van der Waals surface area contributed by atoms with Gasteiger partial charge in [-0.25, -0.2) is 23.4 Å². The van der Waals surface area contributed by atoms with Crippen molar-refractivity contribution in [2.45, 2.75) is 32.1 Å². The van der Waals surface area contributed by atoms with Gasteiger partial charge in [0.2, 0.25) is 21.9 Å². The third-order valence-electron chi connectivity index (χ3n) is 5.76. The van der Waals surface area contributed by atoms with E-state index in [1.54, 1.807) is 53.4 Å². The predicted molar refractivity (Wildman–Crippen MR) is 139 cm³/mol. The zero-order valence-corrected chi connectivity index (χ0v) is 22.4. The summed E-state index contributed by atoms with van der Waals surface area (Å²) < 4.78 is 41.9. The molecule has 194 valence electrons. The third-order valence-corrected chi connectivity index (χ3v) is 7.87. The van der Waals surface area contributed by atoms with Crippen LogP contribution in [0, 0.1) is 13.8 Å². The number of ether oxygens (including phenoxy) is 2. The molecule has 0 radical (unpaired) electrons. The molecule has 0 aliphatic heterocycles. The minimum atomic E-state index is -4.07. The van der Waals surface area contributed by atoms with Crippen LogP contribution in [-0.4, -0.2) is 57.6 Å². The number of anilines is 1. The molecule has 2 atom stereocenters. The molecule has 13 heteroatoms. The van der Waals surface area contributed by atoms with Crippen LogP contribution in [0.4, 0.5) is 5.95 Å². The lowest BCUT2D eigenvalue weighted by Gasteiger charge is -2.22. The third kappa shape index (κ3) is 5.41. The summed E-state index contributed by atoms with van der Waals surface area (Å²) in [6, 6.07) is 10.4. The molecule has 1 aromatic carbocycles. The molecule has 4 rings (SSSR count). The standard InChI is InChI=1S/C24H26ClN7O4S/c1-14-12-26-22(27-13-14)21(36-5)16(3)37(33,34)31-24-30-29-23(18-9-7-11-20(28-18)35-4)32(24)19-10-6-8-17(25)15(19)2/h6-13,16,21H,1-5H3,(H,30,31)/t16-,21-/m0/s1. The second-order valence-corrected chi connectivity index (χ2v) is 10.7. The van der Waals surface area contributed by atoms with Crippen LogP contribution in [0.2, 0.25) is 5.02 Å². The van der Waals surface area contributed by atoms with Gasteiger partial charge in [0.1, 0.15) is 17.0 Å². The minimum absolute atomic E-state index is 0.0449. The highest BCUT2D eigenvalue weighted by molar-refractivity contribution is 7.93. The SMILES string of the molecule is COc1cccc(-c2nnc(NS(=O)(=O)[C@@H](C)[C@H](OC)c3ncc(C)cn3)n2-c2cccc(Cl)c2C)n1. The van der Waals surface area contributed by atoms with E-state index in [0.29, 0.717) is 33.7 Å². The Morgan fingerprint density at radius 3 is 2.41 bits per heavy atom. The molecule has 0 aliphatic carbocycles. The van der Waals surface area contributed by atoms with E-state index in [0.717, 1.165) is 5.56 Å². The van der Waals surface area contributed by atoms with Gasteiger partial charge in [0.15, 0.2) is 11.6 Å². The monoisotopic (exact) mass is 543 g/mol. The lowest BCUT2D eigenvalue weighted by molar-refractivity contribution is 0.0949. The number of aryl methyl sites for hydroxylation is 1. The Morgan fingerprint density at radius 1 is 1.03 bits per heavy atom. The van der Waals surface area contributed by atoms with E-state index in [4.69, 9.17) is 21.1 Å². The van der Waals surface area contributed by atoms with E-state index in [9.17, 15) is 8.42 Å². The number of hydrogen-bond acceptors (Lipinski definition) is 9. The van der Waals surface area contributed by atoms with Crippen LogP contribution in [0.5, 0.6) is 5.88 Å². The highest BCUT2D eigenvalue weighted by Gasteiger charge is 2.34. The van der Waals surface area contributed by atoms with Gasteiger partial charge in [0.25, 0.3) is 0 Å². The van der Waals surface area contributed by atoms with Crippen LogP contribution in [-0.2, 0) is 14.8 Å². The Hall–Kier alpha value is -3.61. The molecule has 3 aromatic heterocycles. The van der Waals surface area contributed by atoms with Gasteiger partial charge in [0.05, 0.1) is 12.8 Å². The molecule has 1 N–H and O–H groups in total. The number of rotatable bonds is 9. The van der Waals surface area contributed by atoms with Crippen LogP contribution < -0.4 is 9.46 Å². The van der Waals surface area contributed by atoms with E-state index >= 15 is 0 Å². The van der Waals surface area contributed by atoms with Crippen molar-refractivity contribution in [2.75, 3.05) is 18.9 Å². The van der Waals surface area contributed by atoms with Crippen molar-refractivity contribution in [2.24, 2.45) is 0 Å². The number of sulfonamides is 1. The Kier molecular flexibility index (Phi) is 7.71. The van der Waals surface area contributed by atoms with Crippen molar-refractivity contribution in [1.82, 2.24) is 29.7 Å². The molecule has 37 heavy (non-hydrogen) atoms. The maximum absolute atomic E-state index is 13.5. The lowest BCUT2D eigenvalue weighted by Crippen LogP contribution is -2.33. The number of halogens is 1. The van der Waals surface area contributed by atoms with E-state index in [1.807, 2.05) is 13.8 Å². The van der Waals surface area contributed by atoms with Gasteiger partial charge in [0, 0.05) is 30.6 Å². The number of methoxy groups -OCH3 is 2. The topological polar surface area (TPSA) is 134 Å². The van der Waals surface area contributed by atoms with E-state index in [2.05, 4.69) is 29.9 Å². The van der Waals surface area contributed by atoms with Crippen molar-refractivity contribution >= 4 is 27.6 Å². The molecule has 0 bridgehead atoms. The van der Waals surface area contributed by atoms with Crippen LogP contribution in [0.1, 0.15) is 30.0 Å². The minimum Gasteiger partial charge on any atom is -0.481 e. The maximum Gasteiger partial charge on any atom is 0.243 e. The molecule has 0 saturated carbocycles. The van der Waals surface area contributed by atoms with Crippen LogP contribution >= 0.6 is 11.6 Å². The zero-order valence-electron chi connectivity index (χ0n) is 20.9. The van der Waals surface area contributed by atoms with E-state index in [-0.39, 0.29) is 11.8 Å². The largest absolute Gasteiger partial charge is 0.481 e. The van der Waals surface area contributed by atoms with Crippen molar-refractivity contribution < 1.29 is 17.9 Å². The van der Waals surface area contributed by atoms with E-state index < -0.39 is 21.4 Å². The number of aromatic nitrogens is 6. The number of hydrogen-bond donors (Lipinski definition) is 1. The number of nitrogens with zero attached hydrogens (tertiary/aromatic N) is 6. The highest BCUT2D eigenvalue weighted by Crippen LogP contribution is 2.31. The van der Waals surface area contributed by atoms with E-state index in [1.165, 1.54) is 21.1 Å². The molecule has 3 heterocycles. The summed E-state index contributed by atoms with van der Waals surface area (Å²) in [4.78, 5) is 12.9. The zero-order chi connectivity index (χ0) is 26.7. The van der Waals surface area contributed by atoms with Crippen molar-refractivity contribution in [3.05, 3.63) is 70.8 Å². The molecule has 0 unspecified atom stereocenters. The highest BCUT2D eigenvalue weighted by atomic mass is 35.5. The molecular weight excluding hydrogens is 518 g/mol. The maximum atomic E-state index is 13.5. The Balaban J connectivity index is 1.80. The molecule has 0 saturated heterocycles. The summed E-state index contributed by atoms with van der Waals surface area (Å²) in [6.45, 7) is 5.17. The molecule has 4 aromatic rings. The molecule has 0 fully saturated rings. The molecule has 0 amide bonds. The predicted octanol–water partition coefficient (Wildman–Crippen LogP) is 3.92. The summed E-state index contributed by atoms with van der Waals surface area (Å²) in [7, 11) is -1.16. The first-order chi connectivity index (χ1) is 17.7. The lowest BCUT2D eigenvalue weighted by atomic mass is 10.2. The average molecular weight is 544 g/mol. The van der Waals surface area contributed by atoms with Gasteiger partial charge < -0.3 is 9.47 Å². The second kappa shape index (κ2) is 10.8. The first-order valence-electron chi connectivity index (χ1n) is 11.2. The summed E-state index contributed by atoms with van der Waals surface area (Å²) in [5, 5.41) is 7.83. The molecule has 11 nitrogen and oxygen atoms in total. The Labute approximate surface area is 219 Å². The smallest absolute Gasteiger partial charge is 0.243 e.